The van der Waals surface area contributed by atoms with Crippen molar-refractivity contribution in [2.75, 3.05) is 5.32 Å². The van der Waals surface area contributed by atoms with Crippen LogP contribution in [0.3, 0.4) is 0 Å². The maximum absolute atomic E-state index is 5.13. The van der Waals surface area contributed by atoms with Gasteiger partial charge in [-0.3, -0.25) is 0 Å². The van der Waals surface area contributed by atoms with Crippen LogP contribution in [-0.2, 0) is 19.3 Å². The van der Waals surface area contributed by atoms with E-state index in [0.717, 1.165) is 24.2 Å². The van der Waals surface area contributed by atoms with Gasteiger partial charge in [0.15, 0.2) is 0 Å². The van der Waals surface area contributed by atoms with Crippen LogP contribution in [0, 0.1) is 0 Å². The Hall–Kier alpha value is -1.75. The van der Waals surface area contributed by atoms with Crippen LogP contribution in [0.1, 0.15) is 75.1 Å². The Morgan fingerprint density at radius 3 is 2.67 bits per heavy atom. The van der Waals surface area contributed by atoms with Gasteiger partial charge in [0.1, 0.15) is 17.0 Å². The molecular weight excluding hydrogens is 352 g/mol. The summed E-state index contributed by atoms with van der Waals surface area (Å²) in [6.45, 7) is 2.25. The molecular formula is C22H28N4S. The minimum Gasteiger partial charge on any atom is -0.366 e. The predicted molar refractivity (Wildman–Crippen MR) is 114 cm³/mol. The molecule has 0 bridgehead atoms. The number of aryl methyl sites for hydroxylation is 2. The smallest absolute Gasteiger partial charge is 0.147 e. The van der Waals surface area contributed by atoms with E-state index in [9.17, 15) is 0 Å². The second-order valence-corrected chi connectivity index (χ2v) is 9.13. The van der Waals surface area contributed by atoms with Gasteiger partial charge in [0.2, 0.25) is 0 Å². The van der Waals surface area contributed by atoms with Crippen molar-refractivity contribution in [2.45, 2.75) is 83.6 Å². The molecule has 3 aromatic rings. The molecule has 142 valence electrons. The van der Waals surface area contributed by atoms with Gasteiger partial charge in [-0.25, -0.2) is 15.0 Å². The molecule has 1 saturated carbocycles. The fourth-order valence-electron chi connectivity index (χ4n) is 4.92. The van der Waals surface area contributed by atoms with Gasteiger partial charge in [0.05, 0.1) is 10.2 Å². The van der Waals surface area contributed by atoms with Crippen molar-refractivity contribution in [1.82, 2.24) is 15.0 Å². The molecule has 2 aliphatic rings. The molecule has 2 aliphatic carbocycles. The molecule has 0 spiro atoms. The van der Waals surface area contributed by atoms with Gasteiger partial charge in [0.25, 0.3) is 0 Å². The van der Waals surface area contributed by atoms with Gasteiger partial charge in [-0.05, 0) is 56.1 Å². The summed E-state index contributed by atoms with van der Waals surface area (Å²) >= 11 is 1.79. The van der Waals surface area contributed by atoms with Crippen LogP contribution in [0.5, 0.6) is 0 Å². The lowest BCUT2D eigenvalue weighted by molar-refractivity contribution is 0.462. The fourth-order valence-corrected chi connectivity index (χ4v) is 6.06. The Morgan fingerprint density at radius 2 is 1.85 bits per heavy atom. The highest BCUT2D eigenvalue weighted by Gasteiger charge is 2.23. The zero-order valence-electron chi connectivity index (χ0n) is 16.2. The number of hydrogen-bond donors (Lipinski definition) is 1. The van der Waals surface area contributed by atoms with Gasteiger partial charge < -0.3 is 5.32 Å². The van der Waals surface area contributed by atoms with Crippen molar-refractivity contribution in [3.63, 3.8) is 0 Å². The number of nitrogens with one attached hydrogen (secondary N) is 1. The van der Waals surface area contributed by atoms with Crippen LogP contribution in [0.4, 0.5) is 5.82 Å². The first-order valence-corrected chi connectivity index (χ1v) is 11.5. The summed E-state index contributed by atoms with van der Waals surface area (Å²) in [4.78, 5) is 15.6. The van der Waals surface area contributed by atoms with Crippen molar-refractivity contribution in [2.24, 2.45) is 0 Å². The average molecular weight is 381 g/mol. The van der Waals surface area contributed by atoms with Crippen LogP contribution in [-0.4, -0.2) is 21.0 Å². The first-order chi connectivity index (χ1) is 13.3. The molecule has 1 N–H and O–H groups in total. The lowest BCUT2D eigenvalue weighted by Gasteiger charge is -2.23. The number of anilines is 1. The summed E-state index contributed by atoms with van der Waals surface area (Å²) in [5.74, 6) is 1.02. The van der Waals surface area contributed by atoms with E-state index in [2.05, 4.69) is 17.2 Å². The molecule has 0 saturated heterocycles. The van der Waals surface area contributed by atoms with Crippen LogP contribution in [0.2, 0.25) is 0 Å². The number of fused-ring (bicyclic) bond motifs is 5. The minimum absolute atomic E-state index is 0.555. The van der Waals surface area contributed by atoms with Crippen molar-refractivity contribution in [3.8, 4) is 0 Å². The zero-order valence-corrected chi connectivity index (χ0v) is 17.0. The lowest BCUT2D eigenvalue weighted by atomic mass is 9.88. The average Bonchev–Trinajstić information content (AvgIpc) is 3.09. The molecule has 0 radical (unpaired) electrons. The molecule has 0 atom stereocenters. The van der Waals surface area contributed by atoms with E-state index in [1.807, 2.05) is 0 Å². The maximum Gasteiger partial charge on any atom is 0.147 e. The molecule has 3 heterocycles. The highest BCUT2D eigenvalue weighted by molar-refractivity contribution is 7.26. The molecule has 1 fully saturated rings. The van der Waals surface area contributed by atoms with E-state index in [4.69, 9.17) is 9.97 Å². The molecule has 0 amide bonds. The van der Waals surface area contributed by atoms with E-state index in [-0.39, 0.29) is 0 Å². The molecule has 5 rings (SSSR count). The summed E-state index contributed by atoms with van der Waals surface area (Å²) < 4.78 is 1.20. The second-order valence-electron chi connectivity index (χ2n) is 8.13. The standard InChI is InChI=1S/C22H28N4S/c1-2-8-17-15-11-6-7-12-16(15)18-19-20(27-22(18)26-17)21(24-13-23-19)25-14-9-4-3-5-10-14/h13-14H,2-12H2,1H3,(H,23,24,25). The van der Waals surface area contributed by atoms with Crippen LogP contribution in [0.15, 0.2) is 6.33 Å². The molecule has 5 heteroatoms. The monoisotopic (exact) mass is 380 g/mol. The van der Waals surface area contributed by atoms with Crippen molar-refractivity contribution in [3.05, 3.63) is 23.1 Å². The lowest BCUT2D eigenvalue weighted by Crippen LogP contribution is -2.22. The third-order valence-corrected chi connectivity index (χ3v) is 7.32. The minimum atomic E-state index is 0.555. The van der Waals surface area contributed by atoms with E-state index in [1.54, 1.807) is 17.7 Å². The Morgan fingerprint density at radius 1 is 1.04 bits per heavy atom. The van der Waals surface area contributed by atoms with Crippen LogP contribution < -0.4 is 5.32 Å². The third-order valence-electron chi connectivity index (χ3n) is 6.24. The SMILES string of the molecule is CCCc1nc2sc3c(NC4CCCCC4)ncnc3c2c2c1CCCC2. The van der Waals surface area contributed by atoms with Crippen molar-refractivity contribution in [1.29, 1.82) is 0 Å². The largest absolute Gasteiger partial charge is 0.366 e. The zero-order chi connectivity index (χ0) is 18.2. The van der Waals surface area contributed by atoms with Crippen LogP contribution >= 0.6 is 11.3 Å². The van der Waals surface area contributed by atoms with E-state index in [1.165, 1.54) is 89.5 Å². The quantitative estimate of drug-likeness (QED) is 0.620. The molecule has 3 aromatic heterocycles. The van der Waals surface area contributed by atoms with E-state index >= 15 is 0 Å². The summed E-state index contributed by atoms with van der Waals surface area (Å²) in [5.41, 5.74) is 5.51. The number of aromatic nitrogens is 3. The summed E-state index contributed by atoms with van der Waals surface area (Å²) in [5, 5.41) is 5.05. The highest BCUT2D eigenvalue weighted by Crippen LogP contribution is 2.41. The molecule has 0 aliphatic heterocycles. The predicted octanol–water partition coefficient (Wildman–Crippen LogP) is 5.82. The molecule has 0 aromatic carbocycles. The number of thiophene rings is 1. The Labute approximate surface area is 164 Å². The second kappa shape index (κ2) is 7.34. The number of nitrogens with zero attached hydrogens (tertiary/aromatic N) is 3. The number of rotatable bonds is 4. The Balaban J connectivity index is 1.66. The van der Waals surface area contributed by atoms with Gasteiger partial charge in [-0.15, -0.1) is 11.3 Å². The van der Waals surface area contributed by atoms with Crippen molar-refractivity contribution < 1.29 is 0 Å². The van der Waals surface area contributed by atoms with E-state index in [0.29, 0.717) is 6.04 Å². The number of hydrogen-bond acceptors (Lipinski definition) is 5. The van der Waals surface area contributed by atoms with Gasteiger partial charge >= 0.3 is 0 Å². The molecule has 27 heavy (non-hydrogen) atoms. The Kier molecular flexibility index (Phi) is 4.72. The molecule has 4 nitrogen and oxygen atoms in total. The fraction of sp³-hybridized carbons (Fsp3) is 0.591. The number of pyridine rings is 1. The summed E-state index contributed by atoms with van der Waals surface area (Å²) in [6, 6.07) is 0.555. The Bertz CT molecular complexity index is 972. The van der Waals surface area contributed by atoms with E-state index < -0.39 is 0 Å². The highest BCUT2D eigenvalue weighted by atomic mass is 32.1. The van der Waals surface area contributed by atoms with Crippen LogP contribution in [0.25, 0.3) is 20.4 Å². The molecule has 0 unspecified atom stereocenters. The first kappa shape index (κ1) is 17.4. The first-order valence-electron chi connectivity index (χ1n) is 10.7. The third kappa shape index (κ3) is 3.10. The topological polar surface area (TPSA) is 50.7 Å². The maximum atomic E-state index is 5.13. The summed E-state index contributed by atoms with van der Waals surface area (Å²) in [6.07, 6.45) is 15.5. The van der Waals surface area contributed by atoms with Crippen molar-refractivity contribution >= 4 is 37.6 Å². The normalized spacial score (nSPS) is 18.1. The summed E-state index contributed by atoms with van der Waals surface area (Å²) in [7, 11) is 0. The van der Waals surface area contributed by atoms with Gasteiger partial charge in [-0.1, -0.05) is 32.6 Å². The van der Waals surface area contributed by atoms with Gasteiger partial charge in [0, 0.05) is 17.1 Å². The van der Waals surface area contributed by atoms with Gasteiger partial charge in [-0.2, -0.15) is 0 Å².